The van der Waals surface area contributed by atoms with Crippen molar-refractivity contribution in [1.82, 2.24) is 0 Å². The van der Waals surface area contributed by atoms with Crippen LogP contribution in [0.3, 0.4) is 0 Å². The summed E-state index contributed by atoms with van der Waals surface area (Å²) in [6.45, 7) is 8.27. The van der Waals surface area contributed by atoms with E-state index in [0.29, 0.717) is 12.8 Å². The van der Waals surface area contributed by atoms with E-state index in [4.69, 9.17) is 4.74 Å². The fraction of sp³-hybridized carbons (Fsp3) is 0.652. The summed E-state index contributed by atoms with van der Waals surface area (Å²) in [5.41, 5.74) is -0.488. The van der Waals surface area contributed by atoms with Gasteiger partial charge in [-0.05, 0) is 37.5 Å². The Hall–Kier alpha value is -2.24. The molecular formula is C23H32O6. The van der Waals surface area contributed by atoms with Crippen LogP contribution < -0.4 is 0 Å². The molecule has 0 radical (unpaired) electrons. The number of ether oxygens (including phenoxy) is 2. The molecule has 2 saturated heterocycles. The predicted molar refractivity (Wildman–Crippen MR) is 107 cm³/mol. The number of allylic oxidation sites excluding steroid dienone is 4. The van der Waals surface area contributed by atoms with Gasteiger partial charge in [-0.3, -0.25) is 19.2 Å². The van der Waals surface area contributed by atoms with Crippen LogP contribution in [0.2, 0.25) is 0 Å². The van der Waals surface area contributed by atoms with Crippen molar-refractivity contribution >= 4 is 23.9 Å². The van der Waals surface area contributed by atoms with E-state index in [9.17, 15) is 19.2 Å². The van der Waals surface area contributed by atoms with E-state index in [-0.39, 0.29) is 29.6 Å². The van der Waals surface area contributed by atoms with Crippen molar-refractivity contribution in [3.8, 4) is 0 Å². The molecule has 0 amide bonds. The highest BCUT2D eigenvalue weighted by Crippen LogP contribution is 2.42. The molecule has 0 N–H and O–H groups in total. The van der Waals surface area contributed by atoms with Gasteiger partial charge in [-0.15, -0.1) is 0 Å². The molecule has 2 rings (SSSR count). The molecule has 3 unspecified atom stereocenters. The molecule has 0 bridgehead atoms. The number of rotatable bonds is 10. The number of cyclic esters (lactones) is 4. The molecule has 0 aromatic rings. The zero-order valence-electron chi connectivity index (χ0n) is 17.9. The van der Waals surface area contributed by atoms with Crippen LogP contribution in [0.15, 0.2) is 24.3 Å². The lowest BCUT2D eigenvalue weighted by Crippen LogP contribution is -2.30. The fourth-order valence-corrected chi connectivity index (χ4v) is 4.05. The van der Waals surface area contributed by atoms with E-state index in [2.05, 4.69) is 36.8 Å². The maximum absolute atomic E-state index is 12.0. The van der Waals surface area contributed by atoms with Crippen LogP contribution >= 0.6 is 0 Å². The molecule has 0 spiro atoms. The average Bonchev–Trinajstić information content (AvgIpc) is 3.20. The first-order chi connectivity index (χ1) is 13.7. The van der Waals surface area contributed by atoms with Crippen LogP contribution in [0.4, 0.5) is 0 Å². The topological polar surface area (TPSA) is 86.7 Å². The third-order valence-corrected chi connectivity index (χ3v) is 6.70. The number of carbonyl (C=O) groups is 4. The molecule has 2 fully saturated rings. The third-order valence-electron chi connectivity index (χ3n) is 6.70. The summed E-state index contributed by atoms with van der Waals surface area (Å²) in [5.74, 6) is -2.53. The first-order valence-electron chi connectivity index (χ1n) is 10.5. The maximum Gasteiger partial charge on any atom is 0.317 e. The Morgan fingerprint density at radius 3 is 1.93 bits per heavy atom. The van der Waals surface area contributed by atoms with Crippen molar-refractivity contribution in [3.05, 3.63) is 24.3 Å². The maximum atomic E-state index is 12.0. The lowest BCUT2D eigenvalue weighted by atomic mass is 9.71. The molecule has 0 aromatic carbocycles. The second-order valence-electron chi connectivity index (χ2n) is 8.44. The molecule has 2 aliphatic rings. The molecule has 6 heteroatoms. The van der Waals surface area contributed by atoms with Crippen molar-refractivity contribution in [2.45, 2.75) is 72.6 Å². The van der Waals surface area contributed by atoms with Crippen molar-refractivity contribution in [1.29, 1.82) is 0 Å². The summed E-state index contributed by atoms with van der Waals surface area (Å²) in [6.07, 6.45) is 12.3. The van der Waals surface area contributed by atoms with Crippen LogP contribution in [0.5, 0.6) is 0 Å². The van der Waals surface area contributed by atoms with E-state index >= 15 is 0 Å². The highest BCUT2D eigenvalue weighted by molar-refractivity contribution is 5.95. The van der Waals surface area contributed by atoms with E-state index in [1.54, 1.807) is 0 Å². The van der Waals surface area contributed by atoms with Gasteiger partial charge in [0, 0.05) is 5.41 Å². The highest BCUT2D eigenvalue weighted by atomic mass is 16.6. The molecular weight excluding hydrogens is 372 g/mol. The van der Waals surface area contributed by atoms with Gasteiger partial charge >= 0.3 is 23.9 Å². The Morgan fingerprint density at radius 1 is 0.862 bits per heavy atom. The van der Waals surface area contributed by atoms with Crippen LogP contribution in [0, 0.1) is 22.7 Å². The van der Waals surface area contributed by atoms with E-state index < -0.39 is 29.8 Å². The van der Waals surface area contributed by atoms with Gasteiger partial charge in [0.2, 0.25) is 0 Å². The molecule has 0 aliphatic carbocycles. The number of carbonyl (C=O) groups excluding carboxylic acids is 4. The van der Waals surface area contributed by atoms with Gasteiger partial charge in [0.1, 0.15) is 0 Å². The van der Waals surface area contributed by atoms with Crippen molar-refractivity contribution in [2.24, 2.45) is 22.7 Å². The minimum atomic E-state index is -0.451. The SMILES string of the molecule is CCC(C=CCC1CC(=O)OC1=O)(C=CCC(C)(CC)C1CC(=O)OC1=O)CC. The summed E-state index contributed by atoms with van der Waals surface area (Å²) in [7, 11) is 0. The monoisotopic (exact) mass is 404 g/mol. The first kappa shape index (κ1) is 23.0. The van der Waals surface area contributed by atoms with E-state index in [1.807, 2.05) is 19.9 Å². The largest absolute Gasteiger partial charge is 0.393 e. The molecule has 0 saturated carbocycles. The minimum absolute atomic E-state index is 0.148. The third kappa shape index (κ3) is 5.43. The summed E-state index contributed by atoms with van der Waals surface area (Å²) in [6, 6.07) is 0. The lowest BCUT2D eigenvalue weighted by Gasteiger charge is -2.31. The van der Waals surface area contributed by atoms with Gasteiger partial charge in [-0.2, -0.15) is 0 Å². The Bertz CT molecular complexity index is 715. The van der Waals surface area contributed by atoms with Gasteiger partial charge in [-0.25, -0.2) is 0 Å². The molecule has 2 heterocycles. The molecule has 2 aliphatic heterocycles. The molecule has 160 valence electrons. The molecule has 29 heavy (non-hydrogen) atoms. The Morgan fingerprint density at radius 2 is 1.45 bits per heavy atom. The van der Waals surface area contributed by atoms with Crippen molar-refractivity contribution in [3.63, 3.8) is 0 Å². The number of hydrogen-bond donors (Lipinski definition) is 0. The summed E-state index contributed by atoms with van der Waals surface area (Å²) in [5, 5.41) is 0. The van der Waals surface area contributed by atoms with E-state index in [0.717, 1.165) is 19.3 Å². The molecule has 0 aromatic heterocycles. The van der Waals surface area contributed by atoms with E-state index in [1.165, 1.54) is 0 Å². The normalized spacial score (nSPS) is 25.1. The lowest BCUT2D eigenvalue weighted by molar-refractivity contribution is -0.155. The fourth-order valence-electron chi connectivity index (χ4n) is 4.05. The quantitative estimate of drug-likeness (QED) is 0.307. The van der Waals surface area contributed by atoms with Gasteiger partial charge < -0.3 is 9.47 Å². The van der Waals surface area contributed by atoms with Gasteiger partial charge in [-0.1, -0.05) is 52.0 Å². The van der Waals surface area contributed by atoms with Gasteiger partial charge in [0.15, 0.2) is 0 Å². The summed E-state index contributed by atoms with van der Waals surface area (Å²) in [4.78, 5) is 46.4. The number of hydrogen-bond acceptors (Lipinski definition) is 6. The minimum Gasteiger partial charge on any atom is -0.393 e. The Labute approximate surface area is 172 Å². The predicted octanol–water partition coefficient (Wildman–Crippen LogP) is 4.28. The zero-order chi connectivity index (χ0) is 21.7. The Balaban J connectivity index is 2.05. The van der Waals surface area contributed by atoms with Crippen molar-refractivity contribution < 1.29 is 28.7 Å². The standard InChI is InChI=1S/C23H32O6/c1-5-22(4,17-15-19(25)29-21(17)27)11-9-13-23(6-2,7-3)12-8-10-16-14-18(24)28-20(16)26/h8-9,12-13,16-17H,5-7,10-11,14-15H2,1-4H3. The smallest absolute Gasteiger partial charge is 0.317 e. The zero-order valence-corrected chi connectivity index (χ0v) is 17.9. The van der Waals surface area contributed by atoms with Crippen LogP contribution in [0.1, 0.15) is 72.6 Å². The van der Waals surface area contributed by atoms with Gasteiger partial charge in [0.05, 0.1) is 24.7 Å². The van der Waals surface area contributed by atoms with Crippen LogP contribution in [-0.4, -0.2) is 23.9 Å². The highest BCUT2D eigenvalue weighted by Gasteiger charge is 2.45. The first-order valence-corrected chi connectivity index (χ1v) is 10.5. The number of esters is 4. The van der Waals surface area contributed by atoms with Crippen LogP contribution in [0.25, 0.3) is 0 Å². The van der Waals surface area contributed by atoms with Crippen LogP contribution in [-0.2, 0) is 28.7 Å². The summed E-state index contributed by atoms with van der Waals surface area (Å²) < 4.78 is 9.36. The molecule has 3 atom stereocenters. The molecule has 6 nitrogen and oxygen atoms in total. The second-order valence-corrected chi connectivity index (χ2v) is 8.44. The Kier molecular flexibility index (Phi) is 7.55. The van der Waals surface area contributed by atoms with Gasteiger partial charge in [0.25, 0.3) is 0 Å². The summed E-state index contributed by atoms with van der Waals surface area (Å²) >= 11 is 0. The second kappa shape index (κ2) is 9.51. The average molecular weight is 405 g/mol. The van der Waals surface area contributed by atoms with Crippen molar-refractivity contribution in [2.75, 3.05) is 0 Å².